The molecule has 0 spiro atoms. The monoisotopic (exact) mass is 347 g/mol. The van der Waals surface area contributed by atoms with Crippen LogP contribution in [0.5, 0.6) is 0 Å². The first kappa shape index (κ1) is 15.9. The average Bonchev–Trinajstić information content (AvgIpc) is 2.85. The fraction of sp³-hybridized carbons (Fsp3) is 0.0714. The minimum Gasteiger partial charge on any atom is -0.478 e. The van der Waals surface area contributed by atoms with E-state index in [9.17, 15) is 18.3 Å². The van der Waals surface area contributed by atoms with Crippen molar-refractivity contribution in [2.24, 2.45) is 5.14 Å². The summed E-state index contributed by atoms with van der Waals surface area (Å²) < 4.78 is 24.3. The Hall–Kier alpha value is -2.98. The molecule has 10 heteroatoms. The quantitative estimate of drug-likeness (QED) is 0.642. The van der Waals surface area contributed by atoms with E-state index in [2.05, 4.69) is 15.4 Å². The molecule has 9 nitrogen and oxygen atoms in total. The van der Waals surface area contributed by atoms with Crippen LogP contribution in [-0.2, 0) is 10.0 Å². The molecule has 0 saturated heterocycles. The first-order valence-electron chi connectivity index (χ1n) is 6.73. The van der Waals surface area contributed by atoms with E-state index in [0.29, 0.717) is 22.6 Å². The molecule has 3 rings (SSSR count). The van der Waals surface area contributed by atoms with Gasteiger partial charge in [0.2, 0.25) is 10.0 Å². The van der Waals surface area contributed by atoms with Gasteiger partial charge in [0.15, 0.2) is 5.82 Å². The van der Waals surface area contributed by atoms with Crippen LogP contribution in [0.3, 0.4) is 0 Å². The maximum absolute atomic E-state index is 11.4. The number of fused-ring (bicyclic) bond motifs is 1. The lowest BCUT2D eigenvalue weighted by Gasteiger charge is -2.09. The summed E-state index contributed by atoms with van der Waals surface area (Å²) >= 11 is 0. The van der Waals surface area contributed by atoms with E-state index in [4.69, 9.17) is 5.14 Å². The average molecular weight is 347 g/mol. The highest BCUT2D eigenvalue weighted by atomic mass is 32.2. The van der Waals surface area contributed by atoms with Crippen molar-refractivity contribution in [3.63, 3.8) is 0 Å². The van der Waals surface area contributed by atoms with Gasteiger partial charge in [0.05, 0.1) is 10.5 Å². The molecule has 1 aromatic carbocycles. The maximum Gasteiger partial charge on any atom is 0.337 e. The van der Waals surface area contributed by atoms with Crippen LogP contribution >= 0.6 is 0 Å². The number of aryl methyl sites for hydroxylation is 1. The Kier molecular flexibility index (Phi) is 3.70. The number of carboxylic acids is 1. The van der Waals surface area contributed by atoms with Crippen molar-refractivity contribution in [3.05, 3.63) is 47.9 Å². The number of primary sulfonamides is 1. The molecule has 24 heavy (non-hydrogen) atoms. The molecule has 2 aromatic heterocycles. The molecule has 0 atom stereocenters. The zero-order valence-electron chi connectivity index (χ0n) is 12.5. The Morgan fingerprint density at radius 3 is 2.79 bits per heavy atom. The van der Waals surface area contributed by atoms with Gasteiger partial charge in [-0.25, -0.2) is 27.9 Å². The number of hydrogen-bond acceptors (Lipinski definition) is 6. The smallest absolute Gasteiger partial charge is 0.337 e. The molecule has 0 radical (unpaired) electrons. The lowest BCUT2D eigenvalue weighted by Crippen LogP contribution is -2.12. The van der Waals surface area contributed by atoms with Crippen LogP contribution < -0.4 is 10.5 Å². The van der Waals surface area contributed by atoms with E-state index >= 15 is 0 Å². The molecule has 0 aliphatic heterocycles. The van der Waals surface area contributed by atoms with Crippen molar-refractivity contribution in [2.75, 3.05) is 5.32 Å². The minimum absolute atomic E-state index is 0.0455. The number of aromatic nitrogens is 3. The van der Waals surface area contributed by atoms with E-state index in [0.717, 1.165) is 0 Å². The number of aromatic carboxylic acids is 1. The van der Waals surface area contributed by atoms with Crippen LogP contribution in [0.2, 0.25) is 0 Å². The number of carboxylic acid groups (broad SMARTS) is 1. The van der Waals surface area contributed by atoms with Crippen molar-refractivity contribution < 1.29 is 18.3 Å². The maximum atomic E-state index is 11.4. The number of rotatable bonds is 4. The van der Waals surface area contributed by atoms with E-state index in [1.165, 1.54) is 35.2 Å². The number of nitrogens with one attached hydrogen (secondary N) is 1. The predicted octanol–water partition coefficient (Wildman–Crippen LogP) is 1.13. The van der Waals surface area contributed by atoms with Crippen molar-refractivity contribution in [3.8, 4) is 0 Å². The number of nitrogens with zero attached hydrogens (tertiary/aromatic N) is 3. The van der Waals surface area contributed by atoms with Crippen LogP contribution in [0, 0.1) is 6.92 Å². The molecule has 0 fully saturated rings. The third kappa shape index (κ3) is 2.79. The lowest BCUT2D eigenvalue weighted by molar-refractivity contribution is 0.0696. The molecule has 2 heterocycles. The van der Waals surface area contributed by atoms with Gasteiger partial charge >= 0.3 is 5.97 Å². The van der Waals surface area contributed by atoms with Gasteiger partial charge in [-0.2, -0.15) is 5.10 Å². The molecule has 0 amide bonds. The van der Waals surface area contributed by atoms with Gasteiger partial charge in [-0.3, -0.25) is 0 Å². The van der Waals surface area contributed by atoms with Gasteiger partial charge in [-0.05, 0) is 30.7 Å². The summed E-state index contributed by atoms with van der Waals surface area (Å²) in [6, 6.07) is 5.92. The molecule has 124 valence electrons. The number of anilines is 2. The van der Waals surface area contributed by atoms with Crippen LogP contribution in [0.25, 0.3) is 5.52 Å². The second-order valence-electron chi connectivity index (χ2n) is 5.07. The lowest BCUT2D eigenvalue weighted by atomic mass is 10.2. The van der Waals surface area contributed by atoms with E-state index in [-0.39, 0.29) is 10.5 Å². The summed E-state index contributed by atoms with van der Waals surface area (Å²) in [5.41, 5.74) is 1.53. The summed E-state index contributed by atoms with van der Waals surface area (Å²) in [5, 5.41) is 21.3. The summed E-state index contributed by atoms with van der Waals surface area (Å²) in [4.78, 5) is 15.3. The molecular weight excluding hydrogens is 334 g/mol. The highest BCUT2D eigenvalue weighted by Gasteiger charge is 2.17. The normalized spacial score (nSPS) is 11.6. The van der Waals surface area contributed by atoms with Crippen molar-refractivity contribution in [1.29, 1.82) is 0 Å². The van der Waals surface area contributed by atoms with E-state index in [1.807, 2.05) is 0 Å². The number of carbonyl (C=O) groups is 1. The molecular formula is C14H13N5O4S. The molecule has 0 unspecified atom stereocenters. The third-order valence-electron chi connectivity index (χ3n) is 3.48. The second-order valence-corrected chi connectivity index (χ2v) is 6.63. The van der Waals surface area contributed by atoms with Crippen LogP contribution in [0.4, 0.5) is 11.5 Å². The molecule has 4 N–H and O–H groups in total. The number of hydrogen-bond donors (Lipinski definition) is 3. The van der Waals surface area contributed by atoms with Gasteiger partial charge in [-0.15, -0.1) is 0 Å². The number of sulfonamides is 1. The summed E-state index contributed by atoms with van der Waals surface area (Å²) in [6.45, 7) is 1.65. The summed E-state index contributed by atoms with van der Waals surface area (Å²) in [7, 11) is -3.83. The van der Waals surface area contributed by atoms with Gasteiger partial charge in [0, 0.05) is 11.9 Å². The third-order valence-corrected chi connectivity index (χ3v) is 4.39. The molecule has 0 bridgehead atoms. The zero-order chi connectivity index (χ0) is 17.5. The Bertz CT molecular complexity index is 1060. The summed E-state index contributed by atoms with van der Waals surface area (Å²) in [6.07, 6.45) is 2.66. The highest BCUT2D eigenvalue weighted by molar-refractivity contribution is 7.89. The summed E-state index contributed by atoms with van der Waals surface area (Å²) in [5.74, 6) is -0.721. The first-order chi connectivity index (χ1) is 11.3. The van der Waals surface area contributed by atoms with Crippen molar-refractivity contribution in [2.45, 2.75) is 11.8 Å². The van der Waals surface area contributed by atoms with Gasteiger partial charge in [-0.1, -0.05) is 6.07 Å². The number of nitrogens with two attached hydrogens (primary N) is 1. The van der Waals surface area contributed by atoms with Crippen LogP contribution in [0.15, 0.2) is 41.7 Å². The standard InChI is InChI=1S/C14H13N5O4S/c1-8-11(14(20)21)6-19-12(8)13(16-7-17-19)18-9-3-2-4-10(5-9)24(15,22)23/h2-7H,1H3,(H,20,21)(H2,15,22,23)(H,16,17,18). The largest absolute Gasteiger partial charge is 0.478 e. The Morgan fingerprint density at radius 2 is 2.12 bits per heavy atom. The molecule has 3 aromatic rings. The molecule has 0 aliphatic carbocycles. The zero-order valence-corrected chi connectivity index (χ0v) is 13.3. The second kappa shape index (κ2) is 5.58. The Morgan fingerprint density at radius 1 is 1.38 bits per heavy atom. The van der Waals surface area contributed by atoms with Gasteiger partial charge < -0.3 is 10.4 Å². The van der Waals surface area contributed by atoms with Gasteiger partial charge in [0.25, 0.3) is 0 Å². The molecule has 0 saturated carbocycles. The minimum atomic E-state index is -3.83. The van der Waals surface area contributed by atoms with Crippen LogP contribution in [-0.4, -0.2) is 34.1 Å². The molecule has 0 aliphatic rings. The topological polar surface area (TPSA) is 140 Å². The SMILES string of the molecule is Cc1c(C(=O)O)cn2ncnc(Nc3cccc(S(N)(=O)=O)c3)c12. The fourth-order valence-corrected chi connectivity index (χ4v) is 2.91. The van der Waals surface area contributed by atoms with Gasteiger partial charge in [0.1, 0.15) is 11.8 Å². The Balaban J connectivity index is 2.10. The van der Waals surface area contributed by atoms with Crippen molar-refractivity contribution in [1.82, 2.24) is 14.6 Å². The van der Waals surface area contributed by atoms with Crippen LogP contribution in [0.1, 0.15) is 15.9 Å². The van der Waals surface area contributed by atoms with E-state index < -0.39 is 16.0 Å². The fourth-order valence-electron chi connectivity index (χ4n) is 2.36. The highest BCUT2D eigenvalue weighted by Crippen LogP contribution is 2.26. The predicted molar refractivity (Wildman–Crippen MR) is 85.8 cm³/mol. The first-order valence-corrected chi connectivity index (χ1v) is 8.28. The number of benzene rings is 1. The van der Waals surface area contributed by atoms with E-state index in [1.54, 1.807) is 13.0 Å². The van der Waals surface area contributed by atoms with Crippen molar-refractivity contribution >= 4 is 33.0 Å². The Labute approximate surface area is 136 Å².